The minimum Gasteiger partial charge on any atom is -0.457 e. The lowest BCUT2D eigenvalue weighted by Gasteiger charge is -2.23. The molecule has 4 aromatic rings. The quantitative estimate of drug-likeness (QED) is 0.212. The second kappa shape index (κ2) is 11.7. The first-order valence-electron chi connectivity index (χ1n) is 10.9. The van der Waals surface area contributed by atoms with Crippen LogP contribution in [0.15, 0.2) is 124 Å². The number of nitrogens with one attached hydrogen (secondary N) is 1. The van der Waals surface area contributed by atoms with Crippen LogP contribution in [-0.2, 0) is 14.8 Å². The number of para-hydroxylation sites is 1. The number of amides is 1. The highest BCUT2D eigenvalue weighted by molar-refractivity contribution is 9.10. The molecule has 0 saturated carbocycles. The Balaban J connectivity index is 1.48. The fourth-order valence-electron chi connectivity index (χ4n) is 3.29. The molecule has 0 spiro atoms. The van der Waals surface area contributed by atoms with Crippen molar-refractivity contribution in [3.63, 3.8) is 0 Å². The smallest absolute Gasteiger partial charge is 0.264 e. The number of nitrogens with zero attached hydrogens (tertiary/aromatic N) is 2. The molecule has 0 aliphatic heterocycles. The van der Waals surface area contributed by atoms with Crippen LogP contribution >= 0.6 is 15.9 Å². The molecule has 1 amide bonds. The molecule has 9 heteroatoms. The Hall–Kier alpha value is -3.95. The van der Waals surface area contributed by atoms with Gasteiger partial charge >= 0.3 is 0 Å². The van der Waals surface area contributed by atoms with Crippen LogP contribution in [-0.4, -0.2) is 27.1 Å². The summed E-state index contributed by atoms with van der Waals surface area (Å²) in [5.74, 6) is 0.723. The number of hydrogen-bond donors (Lipinski definition) is 1. The third kappa shape index (κ3) is 6.59. The molecule has 0 aromatic heterocycles. The van der Waals surface area contributed by atoms with E-state index in [2.05, 4.69) is 26.5 Å². The summed E-state index contributed by atoms with van der Waals surface area (Å²) >= 11 is 3.36. The van der Waals surface area contributed by atoms with E-state index in [1.807, 2.05) is 42.5 Å². The number of anilines is 1. The molecule has 4 rings (SSSR count). The van der Waals surface area contributed by atoms with Crippen molar-refractivity contribution in [2.45, 2.75) is 4.90 Å². The number of hydrazone groups is 1. The second-order valence-electron chi connectivity index (χ2n) is 7.59. The van der Waals surface area contributed by atoms with Crippen molar-refractivity contribution in [1.29, 1.82) is 0 Å². The van der Waals surface area contributed by atoms with Gasteiger partial charge in [-0.3, -0.25) is 9.10 Å². The molecular weight excluding hydrogens is 542 g/mol. The normalized spacial score (nSPS) is 11.2. The summed E-state index contributed by atoms with van der Waals surface area (Å²) in [6.45, 7) is -0.456. The van der Waals surface area contributed by atoms with Crippen molar-refractivity contribution in [1.82, 2.24) is 5.43 Å². The number of hydrogen-bond acceptors (Lipinski definition) is 5. The molecule has 0 fully saturated rings. The molecule has 0 radical (unpaired) electrons. The van der Waals surface area contributed by atoms with Gasteiger partial charge in [-0.05, 0) is 60.2 Å². The highest BCUT2D eigenvalue weighted by Gasteiger charge is 2.27. The van der Waals surface area contributed by atoms with Crippen molar-refractivity contribution >= 4 is 43.8 Å². The van der Waals surface area contributed by atoms with Gasteiger partial charge in [0.15, 0.2) is 0 Å². The molecule has 36 heavy (non-hydrogen) atoms. The summed E-state index contributed by atoms with van der Waals surface area (Å²) in [6.07, 6.45) is 1.46. The van der Waals surface area contributed by atoms with Crippen molar-refractivity contribution < 1.29 is 17.9 Å². The standard InChI is InChI=1S/C27H22BrN3O4S/c28-22-10-8-11-23(18-22)31(36(33,34)26-15-5-2-6-16-26)20-27(32)30-29-19-21-9-7-14-25(17-21)35-24-12-3-1-4-13-24/h1-19H,20H2,(H,30,32)/b29-19-. The van der Waals surface area contributed by atoms with Gasteiger partial charge in [0.25, 0.3) is 15.9 Å². The maximum Gasteiger partial charge on any atom is 0.264 e. The summed E-state index contributed by atoms with van der Waals surface area (Å²) < 4.78 is 34.2. The van der Waals surface area contributed by atoms with Gasteiger partial charge in [0, 0.05) is 4.47 Å². The molecule has 0 aliphatic carbocycles. The lowest BCUT2D eigenvalue weighted by molar-refractivity contribution is -0.119. The average molecular weight is 564 g/mol. The number of rotatable bonds is 9. The third-order valence-corrected chi connectivity index (χ3v) is 7.24. The predicted molar refractivity (Wildman–Crippen MR) is 144 cm³/mol. The maximum atomic E-state index is 13.3. The van der Waals surface area contributed by atoms with E-state index in [1.54, 1.807) is 54.6 Å². The molecule has 182 valence electrons. The number of benzene rings is 4. The van der Waals surface area contributed by atoms with Crippen LogP contribution in [0.2, 0.25) is 0 Å². The Bertz CT molecular complexity index is 1460. The van der Waals surface area contributed by atoms with E-state index in [4.69, 9.17) is 4.74 Å². The molecule has 0 bridgehead atoms. The largest absolute Gasteiger partial charge is 0.457 e. The van der Waals surface area contributed by atoms with E-state index < -0.39 is 22.5 Å². The van der Waals surface area contributed by atoms with Gasteiger partial charge < -0.3 is 4.74 Å². The fraction of sp³-hybridized carbons (Fsp3) is 0.0370. The number of halogens is 1. The number of carbonyl (C=O) groups is 1. The predicted octanol–water partition coefficient (Wildman–Crippen LogP) is 5.59. The van der Waals surface area contributed by atoms with E-state index in [0.29, 0.717) is 27.2 Å². The Kier molecular flexibility index (Phi) is 8.14. The maximum absolute atomic E-state index is 13.3. The zero-order valence-electron chi connectivity index (χ0n) is 19.0. The van der Waals surface area contributed by atoms with Gasteiger partial charge in [-0.25, -0.2) is 13.8 Å². The van der Waals surface area contributed by atoms with Gasteiger partial charge in [-0.2, -0.15) is 5.10 Å². The first-order chi connectivity index (χ1) is 17.4. The molecule has 0 unspecified atom stereocenters. The number of ether oxygens (including phenoxy) is 1. The summed E-state index contributed by atoms with van der Waals surface area (Å²) in [7, 11) is -4.00. The van der Waals surface area contributed by atoms with Crippen LogP contribution in [0.5, 0.6) is 11.5 Å². The molecule has 7 nitrogen and oxygen atoms in total. The van der Waals surface area contributed by atoms with Crippen LogP contribution in [0, 0.1) is 0 Å². The summed E-state index contributed by atoms with van der Waals surface area (Å²) in [6, 6.07) is 31.3. The van der Waals surface area contributed by atoms with Crippen LogP contribution in [0.25, 0.3) is 0 Å². The topological polar surface area (TPSA) is 88.1 Å². The molecule has 0 atom stereocenters. The van der Waals surface area contributed by atoms with Gasteiger partial charge in [0.1, 0.15) is 18.0 Å². The van der Waals surface area contributed by atoms with Crippen LogP contribution < -0.4 is 14.5 Å². The summed E-state index contributed by atoms with van der Waals surface area (Å²) in [5, 5.41) is 4.00. The minimum atomic E-state index is -4.00. The van der Waals surface area contributed by atoms with E-state index >= 15 is 0 Å². The van der Waals surface area contributed by atoms with Crippen molar-refractivity contribution in [2.24, 2.45) is 5.10 Å². The monoisotopic (exact) mass is 563 g/mol. The van der Waals surface area contributed by atoms with E-state index in [9.17, 15) is 13.2 Å². The lowest BCUT2D eigenvalue weighted by Crippen LogP contribution is -2.39. The van der Waals surface area contributed by atoms with Crippen molar-refractivity contribution in [3.8, 4) is 11.5 Å². The Morgan fingerprint density at radius 3 is 2.25 bits per heavy atom. The Morgan fingerprint density at radius 2 is 1.53 bits per heavy atom. The molecule has 0 saturated heterocycles. The van der Waals surface area contributed by atoms with Gasteiger partial charge in [0.2, 0.25) is 0 Å². The minimum absolute atomic E-state index is 0.0801. The number of sulfonamides is 1. The molecule has 0 aliphatic rings. The van der Waals surface area contributed by atoms with Crippen molar-refractivity contribution in [3.05, 3.63) is 119 Å². The van der Waals surface area contributed by atoms with E-state index in [0.717, 1.165) is 4.31 Å². The van der Waals surface area contributed by atoms with Crippen molar-refractivity contribution in [2.75, 3.05) is 10.8 Å². The first kappa shape index (κ1) is 25.2. The molecule has 0 heterocycles. The fourth-order valence-corrected chi connectivity index (χ4v) is 5.11. The summed E-state index contributed by atoms with van der Waals surface area (Å²) in [4.78, 5) is 12.8. The SMILES string of the molecule is O=C(CN(c1cccc(Br)c1)S(=O)(=O)c1ccccc1)N/N=C\c1cccc(Oc2ccccc2)c1. The summed E-state index contributed by atoms with van der Waals surface area (Å²) in [5.41, 5.74) is 3.45. The van der Waals surface area contributed by atoms with Crippen LogP contribution in [0.4, 0.5) is 5.69 Å². The van der Waals surface area contributed by atoms with E-state index in [-0.39, 0.29) is 4.90 Å². The highest BCUT2D eigenvalue weighted by Crippen LogP contribution is 2.26. The Labute approximate surface area is 218 Å². The molecule has 4 aromatic carbocycles. The third-order valence-electron chi connectivity index (χ3n) is 4.95. The average Bonchev–Trinajstić information content (AvgIpc) is 2.88. The lowest BCUT2D eigenvalue weighted by atomic mass is 10.2. The van der Waals surface area contributed by atoms with Gasteiger partial charge in [0.05, 0.1) is 16.8 Å². The highest BCUT2D eigenvalue weighted by atomic mass is 79.9. The van der Waals surface area contributed by atoms with Gasteiger partial charge in [-0.15, -0.1) is 0 Å². The first-order valence-corrected chi connectivity index (χ1v) is 13.1. The van der Waals surface area contributed by atoms with Crippen LogP contribution in [0.1, 0.15) is 5.56 Å². The zero-order chi connectivity index (χ0) is 25.4. The molecule has 1 N–H and O–H groups in total. The van der Waals surface area contributed by atoms with E-state index in [1.165, 1.54) is 18.3 Å². The number of carbonyl (C=O) groups excluding carboxylic acids is 1. The molecular formula is C27H22BrN3O4S. The second-order valence-corrected chi connectivity index (χ2v) is 10.4. The zero-order valence-corrected chi connectivity index (χ0v) is 21.4. The van der Waals surface area contributed by atoms with Gasteiger partial charge in [-0.1, -0.05) is 70.5 Å². The van der Waals surface area contributed by atoms with Crippen LogP contribution in [0.3, 0.4) is 0 Å². The Morgan fingerprint density at radius 1 is 0.861 bits per heavy atom.